The van der Waals surface area contributed by atoms with Gasteiger partial charge in [-0.2, -0.15) is 0 Å². The fourth-order valence-corrected chi connectivity index (χ4v) is 0.860. The molecule has 13 heavy (non-hydrogen) atoms. The van der Waals surface area contributed by atoms with E-state index >= 15 is 0 Å². The molecule has 70 valence electrons. The van der Waals surface area contributed by atoms with E-state index < -0.39 is 12.0 Å². The first kappa shape index (κ1) is 9.47. The Morgan fingerprint density at radius 2 is 2.38 bits per heavy atom. The van der Waals surface area contributed by atoms with Crippen LogP contribution in [0.3, 0.4) is 0 Å². The molecule has 3 N–H and O–H groups in total. The molecule has 0 aromatic carbocycles. The third kappa shape index (κ3) is 2.16. The third-order valence-corrected chi connectivity index (χ3v) is 1.60. The fraction of sp³-hybridized carbons (Fsp3) is 0.250. The van der Waals surface area contributed by atoms with Gasteiger partial charge >= 0.3 is 5.97 Å². The molecule has 0 saturated carbocycles. The number of rotatable bonds is 3. The van der Waals surface area contributed by atoms with Crippen molar-refractivity contribution in [2.24, 2.45) is 5.73 Å². The average Bonchev–Trinajstić information content (AvgIpc) is 2.16. The van der Waals surface area contributed by atoms with Crippen molar-refractivity contribution in [3.8, 4) is 5.75 Å². The van der Waals surface area contributed by atoms with E-state index in [1.54, 1.807) is 6.07 Å². The summed E-state index contributed by atoms with van der Waals surface area (Å²) < 4.78 is 4.87. The van der Waals surface area contributed by atoms with Gasteiger partial charge < -0.3 is 15.6 Å². The van der Waals surface area contributed by atoms with E-state index in [1.165, 1.54) is 19.5 Å². The van der Waals surface area contributed by atoms with Crippen LogP contribution in [0.25, 0.3) is 0 Å². The van der Waals surface area contributed by atoms with E-state index in [-0.39, 0.29) is 0 Å². The Hall–Kier alpha value is -1.62. The maximum Gasteiger partial charge on any atom is 0.325 e. The van der Waals surface area contributed by atoms with E-state index in [2.05, 4.69) is 4.98 Å². The topological polar surface area (TPSA) is 85.4 Å². The zero-order valence-electron chi connectivity index (χ0n) is 7.10. The second kappa shape index (κ2) is 3.86. The van der Waals surface area contributed by atoms with Crippen LogP contribution in [0.15, 0.2) is 18.5 Å². The number of carboxylic acid groups (broad SMARTS) is 1. The van der Waals surface area contributed by atoms with Gasteiger partial charge in [0.25, 0.3) is 0 Å². The van der Waals surface area contributed by atoms with Gasteiger partial charge in [-0.25, -0.2) is 0 Å². The van der Waals surface area contributed by atoms with Crippen molar-refractivity contribution in [1.29, 1.82) is 0 Å². The minimum atomic E-state index is -1.09. The first-order valence-electron chi connectivity index (χ1n) is 3.62. The summed E-state index contributed by atoms with van der Waals surface area (Å²) in [6, 6.07) is 0.494. The summed E-state index contributed by atoms with van der Waals surface area (Å²) in [6.45, 7) is 0. The Morgan fingerprint density at radius 3 is 2.92 bits per heavy atom. The summed E-state index contributed by atoms with van der Waals surface area (Å²) in [4.78, 5) is 14.3. The summed E-state index contributed by atoms with van der Waals surface area (Å²) in [6.07, 6.45) is 2.89. The molecule has 0 bridgehead atoms. The first-order valence-corrected chi connectivity index (χ1v) is 3.62. The summed E-state index contributed by atoms with van der Waals surface area (Å²) in [7, 11) is 1.48. The lowest BCUT2D eigenvalue weighted by Gasteiger charge is -2.06. The Bertz CT molecular complexity index is 314. The Balaban J connectivity index is 2.94. The summed E-state index contributed by atoms with van der Waals surface area (Å²) in [5, 5.41) is 8.61. The van der Waals surface area contributed by atoms with Crippen molar-refractivity contribution in [3.05, 3.63) is 24.0 Å². The first-order chi connectivity index (χ1) is 6.15. The minimum Gasteiger partial charge on any atom is -0.495 e. The van der Waals surface area contributed by atoms with E-state index in [0.717, 1.165) is 0 Å². The number of hydrogen-bond acceptors (Lipinski definition) is 4. The zero-order chi connectivity index (χ0) is 9.84. The molecule has 5 nitrogen and oxygen atoms in total. The van der Waals surface area contributed by atoms with Crippen LogP contribution in [0.1, 0.15) is 11.6 Å². The van der Waals surface area contributed by atoms with E-state index in [1.807, 2.05) is 0 Å². The number of pyridine rings is 1. The smallest absolute Gasteiger partial charge is 0.325 e. The van der Waals surface area contributed by atoms with E-state index in [4.69, 9.17) is 15.6 Å². The fourth-order valence-electron chi connectivity index (χ4n) is 0.860. The van der Waals surface area contributed by atoms with Gasteiger partial charge in [0.05, 0.1) is 13.3 Å². The Kier molecular flexibility index (Phi) is 2.81. The monoisotopic (exact) mass is 182 g/mol. The lowest BCUT2D eigenvalue weighted by atomic mass is 10.1. The maximum absolute atomic E-state index is 10.5. The summed E-state index contributed by atoms with van der Waals surface area (Å²) in [5.41, 5.74) is 5.79. The number of nitrogens with two attached hydrogens (primary N) is 1. The molecule has 0 aliphatic carbocycles. The third-order valence-electron chi connectivity index (χ3n) is 1.60. The van der Waals surface area contributed by atoms with Gasteiger partial charge in [-0.1, -0.05) is 0 Å². The lowest BCUT2D eigenvalue weighted by molar-refractivity contribution is -0.138. The number of nitrogens with zero attached hydrogens (tertiary/aromatic N) is 1. The van der Waals surface area contributed by atoms with Crippen molar-refractivity contribution < 1.29 is 14.6 Å². The predicted molar refractivity (Wildman–Crippen MR) is 45.4 cm³/mol. The van der Waals surface area contributed by atoms with Crippen molar-refractivity contribution in [2.45, 2.75) is 6.04 Å². The summed E-state index contributed by atoms with van der Waals surface area (Å²) in [5.74, 6) is -0.593. The number of carboxylic acids is 1. The predicted octanol–water partition coefficient (Wildman–Crippen LogP) is 0.175. The largest absolute Gasteiger partial charge is 0.495 e. The highest BCUT2D eigenvalue weighted by Crippen LogP contribution is 2.15. The molecule has 0 radical (unpaired) electrons. The van der Waals surface area contributed by atoms with Crippen molar-refractivity contribution >= 4 is 5.97 Å². The average molecular weight is 182 g/mol. The molecule has 1 heterocycles. The van der Waals surface area contributed by atoms with Crippen LogP contribution < -0.4 is 10.5 Å². The quantitative estimate of drug-likeness (QED) is 0.696. The molecular weight excluding hydrogens is 172 g/mol. The highest BCUT2D eigenvalue weighted by Gasteiger charge is 2.14. The molecule has 5 heteroatoms. The van der Waals surface area contributed by atoms with Crippen LogP contribution in [-0.2, 0) is 4.79 Å². The number of carbonyl (C=O) groups is 1. The number of hydrogen-bond donors (Lipinski definition) is 2. The number of methoxy groups -OCH3 is 1. The molecule has 1 aromatic heterocycles. The second-order valence-corrected chi connectivity index (χ2v) is 2.47. The SMILES string of the molecule is COc1cncc([C@H](N)C(=O)O)c1. The number of ether oxygens (including phenoxy) is 1. The molecule has 0 aliphatic heterocycles. The molecule has 1 aromatic rings. The zero-order valence-corrected chi connectivity index (χ0v) is 7.10. The molecule has 0 spiro atoms. The molecule has 1 rings (SSSR count). The number of aliphatic carboxylic acids is 1. The van der Waals surface area contributed by atoms with Gasteiger partial charge in [0.2, 0.25) is 0 Å². The van der Waals surface area contributed by atoms with Crippen LogP contribution in [0.5, 0.6) is 5.75 Å². The van der Waals surface area contributed by atoms with Gasteiger partial charge in [0.1, 0.15) is 11.8 Å². The van der Waals surface area contributed by atoms with Crippen LogP contribution in [0.2, 0.25) is 0 Å². The van der Waals surface area contributed by atoms with Gasteiger partial charge in [-0.15, -0.1) is 0 Å². The highest BCUT2D eigenvalue weighted by atomic mass is 16.5. The Labute approximate surface area is 75.2 Å². The van der Waals surface area contributed by atoms with Crippen LogP contribution in [0, 0.1) is 0 Å². The molecule has 0 saturated heterocycles. The lowest BCUT2D eigenvalue weighted by Crippen LogP contribution is -2.20. The molecule has 1 atom stereocenters. The molecule has 0 unspecified atom stereocenters. The summed E-state index contributed by atoms with van der Waals surface area (Å²) >= 11 is 0. The maximum atomic E-state index is 10.5. The Morgan fingerprint density at radius 1 is 1.69 bits per heavy atom. The molecular formula is C8H10N2O3. The van der Waals surface area contributed by atoms with Gasteiger partial charge in [0.15, 0.2) is 0 Å². The van der Waals surface area contributed by atoms with Gasteiger partial charge in [0, 0.05) is 11.8 Å². The van der Waals surface area contributed by atoms with E-state index in [9.17, 15) is 4.79 Å². The van der Waals surface area contributed by atoms with Crippen molar-refractivity contribution in [2.75, 3.05) is 7.11 Å². The molecule has 0 amide bonds. The standard InChI is InChI=1S/C8H10N2O3/c1-13-6-2-5(3-10-4-6)7(9)8(11)12/h2-4,7H,9H2,1H3,(H,11,12)/t7-/m0/s1. The van der Waals surface area contributed by atoms with Crippen LogP contribution in [0.4, 0.5) is 0 Å². The van der Waals surface area contributed by atoms with Crippen LogP contribution in [-0.4, -0.2) is 23.2 Å². The van der Waals surface area contributed by atoms with Crippen molar-refractivity contribution in [1.82, 2.24) is 4.98 Å². The molecule has 0 fully saturated rings. The van der Waals surface area contributed by atoms with Gasteiger partial charge in [-0.3, -0.25) is 9.78 Å². The van der Waals surface area contributed by atoms with Crippen LogP contribution >= 0.6 is 0 Å². The van der Waals surface area contributed by atoms with E-state index in [0.29, 0.717) is 11.3 Å². The normalized spacial score (nSPS) is 12.2. The van der Waals surface area contributed by atoms with Crippen molar-refractivity contribution in [3.63, 3.8) is 0 Å². The molecule has 0 aliphatic rings. The van der Waals surface area contributed by atoms with Gasteiger partial charge in [-0.05, 0) is 6.07 Å². The number of aromatic nitrogens is 1. The highest BCUT2D eigenvalue weighted by molar-refractivity contribution is 5.75. The minimum absolute atomic E-state index is 0.423. The second-order valence-electron chi connectivity index (χ2n) is 2.47.